The van der Waals surface area contributed by atoms with Gasteiger partial charge in [0.25, 0.3) is 11.5 Å². The van der Waals surface area contributed by atoms with E-state index in [1.165, 1.54) is 0 Å². The number of nitrogens with one attached hydrogen (secondary N) is 3. The number of H-pyrrole nitrogens is 1. The molecule has 0 fully saturated rings. The third-order valence-corrected chi connectivity index (χ3v) is 4.43. The molecule has 0 saturated heterocycles. The third-order valence-electron chi connectivity index (χ3n) is 3.74. The van der Waals surface area contributed by atoms with Crippen LogP contribution >= 0.6 is 15.9 Å². The number of rotatable bonds is 5. The summed E-state index contributed by atoms with van der Waals surface area (Å²) in [6, 6.07) is 14.7. The van der Waals surface area contributed by atoms with Crippen molar-refractivity contribution in [2.24, 2.45) is 0 Å². The molecule has 7 heteroatoms. The largest absolute Gasteiger partial charge is 0.323 e. The first-order valence-electron chi connectivity index (χ1n) is 7.86. The van der Waals surface area contributed by atoms with Crippen LogP contribution in [0.25, 0.3) is 10.9 Å². The number of likely N-dealkylation sites (N-methyl/N-ethyl adjacent to an activating group) is 1. The van der Waals surface area contributed by atoms with Gasteiger partial charge in [-0.25, -0.2) is 4.98 Å². The van der Waals surface area contributed by atoms with Crippen LogP contribution in [-0.2, 0) is 11.3 Å². The average molecular weight is 402 g/mol. The maximum Gasteiger partial charge on any atom is 0.279 e. The Hall–Kier alpha value is -2.51. The quantitative estimate of drug-likeness (QED) is 0.603. The second kappa shape index (κ2) is 7.58. The zero-order chi connectivity index (χ0) is 17.8. The van der Waals surface area contributed by atoms with Gasteiger partial charge < -0.3 is 15.2 Å². The highest BCUT2D eigenvalue weighted by molar-refractivity contribution is 9.10. The fourth-order valence-corrected chi connectivity index (χ4v) is 2.98. The van der Waals surface area contributed by atoms with Crippen molar-refractivity contribution in [2.45, 2.75) is 6.54 Å². The Balaban J connectivity index is 1.66. The van der Waals surface area contributed by atoms with Crippen molar-refractivity contribution >= 4 is 38.4 Å². The van der Waals surface area contributed by atoms with Gasteiger partial charge in [-0.2, -0.15) is 0 Å². The average Bonchev–Trinajstić information content (AvgIpc) is 2.57. The number of nitrogens with zero attached hydrogens (tertiary/aromatic N) is 1. The summed E-state index contributed by atoms with van der Waals surface area (Å²) in [5, 5.41) is 3.43. The number of para-hydroxylation sites is 2. The SMILES string of the molecule is C[NH+](CC(=O)Nc1ccccc1Br)Cc1nc2ccccc2c(=O)[nH]1. The summed E-state index contributed by atoms with van der Waals surface area (Å²) < 4.78 is 0.835. The summed E-state index contributed by atoms with van der Waals surface area (Å²) in [4.78, 5) is 32.5. The van der Waals surface area contributed by atoms with Crippen LogP contribution in [0.5, 0.6) is 0 Å². The molecular formula is C18H18BrN4O2+. The molecule has 1 unspecified atom stereocenters. The summed E-state index contributed by atoms with van der Waals surface area (Å²) in [6.45, 7) is 0.710. The fourth-order valence-electron chi connectivity index (χ4n) is 2.60. The van der Waals surface area contributed by atoms with Crippen LogP contribution in [0.2, 0.25) is 0 Å². The minimum Gasteiger partial charge on any atom is -0.323 e. The van der Waals surface area contributed by atoms with Crippen molar-refractivity contribution < 1.29 is 9.69 Å². The molecule has 0 aliphatic carbocycles. The van der Waals surface area contributed by atoms with Crippen LogP contribution in [0.4, 0.5) is 5.69 Å². The van der Waals surface area contributed by atoms with Crippen molar-refractivity contribution in [3.63, 3.8) is 0 Å². The Morgan fingerprint density at radius 2 is 1.92 bits per heavy atom. The molecule has 1 atom stereocenters. The van der Waals surface area contributed by atoms with E-state index in [-0.39, 0.29) is 18.0 Å². The van der Waals surface area contributed by atoms with E-state index < -0.39 is 0 Å². The topological polar surface area (TPSA) is 79.3 Å². The van der Waals surface area contributed by atoms with E-state index >= 15 is 0 Å². The second-order valence-electron chi connectivity index (χ2n) is 5.87. The molecule has 3 N–H and O–H groups in total. The number of halogens is 1. The summed E-state index contributed by atoms with van der Waals surface area (Å²) in [5.41, 5.74) is 1.23. The summed E-state index contributed by atoms with van der Waals surface area (Å²) in [6.07, 6.45) is 0. The predicted octanol–water partition coefficient (Wildman–Crippen LogP) is 1.34. The maximum absolute atomic E-state index is 12.2. The highest BCUT2D eigenvalue weighted by Crippen LogP contribution is 2.20. The van der Waals surface area contributed by atoms with Crippen molar-refractivity contribution in [3.8, 4) is 0 Å². The molecule has 0 radical (unpaired) electrons. The van der Waals surface area contributed by atoms with Crippen LogP contribution in [0.15, 0.2) is 57.8 Å². The van der Waals surface area contributed by atoms with Crippen molar-refractivity contribution in [1.29, 1.82) is 0 Å². The van der Waals surface area contributed by atoms with E-state index in [2.05, 4.69) is 31.2 Å². The van der Waals surface area contributed by atoms with E-state index in [0.29, 0.717) is 23.3 Å². The lowest BCUT2D eigenvalue weighted by atomic mass is 10.2. The number of aromatic amines is 1. The molecule has 6 nitrogen and oxygen atoms in total. The van der Waals surface area contributed by atoms with Gasteiger partial charge in [-0.05, 0) is 40.2 Å². The van der Waals surface area contributed by atoms with Gasteiger partial charge in [-0.15, -0.1) is 0 Å². The normalized spacial score (nSPS) is 12.1. The Morgan fingerprint density at radius 3 is 2.72 bits per heavy atom. The van der Waals surface area contributed by atoms with Crippen LogP contribution in [0.1, 0.15) is 5.82 Å². The number of carbonyl (C=O) groups is 1. The lowest BCUT2D eigenvalue weighted by Crippen LogP contribution is -3.08. The molecule has 0 saturated carbocycles. The molecule has 0 spiro atoms. The van der Waals surface area contributed by atoms with E-state index in [4.69, 9.17) is 0 Å². The summed E-state index contributed by atoms with van der Waals surface area (Å²) in [7, 11) is 1.88. The number of benzene rings is 2. The number of amides is 1. The first kappa shape index (κ1) is 17.3. The molecule has 128 valence electrons. The van der Waals surface area contributed by atoms with Gasteiger partial charge in [0, 0.05) is 4.47 Å². The Labute approximate surface area is 153 Å². The minimum atomic E-state index is -0.161. The van der Waals surface area contributed by atoms with Gasteiger partial charge in [0.15, 0.2) is 12.4 Å². The third kappa shape index (κ3) is 4.32. The van der Waals surface area contributed by atoms with Gasteiger partial charge in [0.05, 0.1) is 23.6 Å². The van der Waals surface area contributed by atoms with E-state index in [1.54, 1.807) is 6.07 Å². The first-order valence-corrected chi connectivity index (χ1v) is 8.66. The monoisotopic (exact) mass is 401 g/mol. The van der Waals surface area contributed by atoms with E-state index in [1.807, 2.05) is 49.5 Å². The summed E-state index contributed by atoms with van der Waals surface area (Å²) in [5.74, 6) is 0.461. The number of quaternary nitrogens is 1. The first-order chi connectivity index (χ1) is 12.0. The van der Waals surface area contributed by atoms with Crippen LogP contribution in [-0.4, -0.2) is 29.5 Å². The molecule has 1 aromatic heterocycles. The fraction of sp³-hybridized carbons (Fsp3) is 0.167. The van der Waals surface area contributed by atoms with Gasteiger partial charge >= 0.3 is 0 Å². The molecule has 2 aromatic carbocycles. The summed E-state index contributed by atoms with van der Waals surface area (Å²) >= 11 is 3.40. The Bertz CT molecular complexity index is 970. The Morgan fingerprint density at radius 1 is 1.20 bits per heavy atom. The molecule has 0 aliphatic heterocycles. The Kier molecular flexibility index (Phi) is 5.25. The standard InChI is InChI=1S/C18H17BrN4O2/c1-23(11-17(24)21-15-9-5-3-7-13(15)19)10-16-20-14-8-4-2-6-12(14)18(25)22-16/h2-9H,10-11H2,1H3,(H,21,24)(H,20,22,25)/p+1. The minimum absolute atomic E-state index is 0.104. The van der Waals surface area contributed by atoms with Crippen LogP contribution in [0, 0.1) is 0 Å². The van der Waals surface area contributed by atoms with Gasteiger partial charge in [-0.1, -0.05) is 24.3 Å². The lowest BCUT2D eigenvalue weighted by molar-refractivity contribution is -0.885. The van der Waals surface area contributed by atoms with Crippen LogP contribution < -0.4 is 15.8 Å². The number of aromatic nitrogens is 2. The number of anilines is 1. The van der Waals surface area contributed by atoms with Crippen LogP contribution in [0.3, 0.4) is 0 Å². The van der Waals surface area contributed by atoms with Crippen molar-refractivity contribution in [1.82, 2.24) is 9.97 Å². The second-order valence-corrected chi connectivity index (χ2v) is 6.72. The molecular weight excluding hydrogens is 384 g/mol. The van der Waals surface area contributed by atoms with Crippen molar-refractivity contribution in [3.05, 3.63) is 69.2 Å². The van der Waals surface area contributed by atoms with E-state index in [9.17, 15) is 9.59 Å². The molecule has 25 heavy (non-hydrogen) atoms. The molecule has 1 heterocycles. The van der Waals surface area contributed by atoms with Crippen molar-refractivity contribution in [2.75, 3.05) is 18.9 Å². The predicted molar refractivity (Wildman–Crippen MR) is 101 cm³/mol. The van der Waals surface area contributed by atoms with Gasteiger partial charge in [0.1, 0.15) is 6.54 Å². The van der Waals surface area contributed by atoms with E-state index in [0.717, 1.165) is 15.1 Å². The lowest BCUT2D eigenvalue weighted by Gasteiger charge is -2.14. The number of carbonyl (C=O) groups excluding carboxylic acids is 1. The molecule has 1 amide bonds. The zero-order valence-corrected chi connectivity index (χ0v) is 15.3. The molecule has 0 bridgehead atoms. The molecule has 3 aromatic rings. The number of hydrogen-bond donors (Lipinski definition) is 3. The van der Waals surface area contributed by atoms with Gasteiger partial charge in [0.2, 0.25) is 0 Å². The zero-order valence-electron chi connectivity index (χ0n) is 13.7. The smallest absolute Gasteiger partial charge is 0.279 e. The number of hydrogen-bond acceptors (Lipinski definition) is 3. The highest BCUT2D eigenvalue weighted by atomic mass is 79.9. The molecule has 3 rings (SSSR count). The number of fused-ring (bicyclic) bond motifs is 1. The molecule has 0 aliphatic rings. The van der Waals surface area contributed by atoms with Gasteiger partial charge in [-0.3, -0.25) is 9.59 Å². The highest BCUT2D eigenvalue weighted by Gasteiger charge is 2.14. The maximum atomic E-state index is 12.2.